The predicted octanol–water partition coefficient (Wildman–Crippen LogP) is 0.791. The summed E-state index contributed by atoms with van der Waals surface area (Å²) >= 11 is 6.23. The molecule has 0 radical (unpaired) electrons. The molecule has 0 aromatic carbocycles. The Morgan fingerprint density at radius 2 is 2.44 bits per heavy atom. The highest BCUT2D eigenvalue weighted by atomic mass is 35.5. The SMILES string of the molecule is N/C(=N/O)c1ccnc(N2CCCC2CO)c1Cl. The number of nitrogens with zero attached hydrogens (tertiary/aromatic N) is 3. The highest BCUT2D eigenvalue weighted by Crippen LogP contribution is 2.31. The van der Waals surface area contributed by atoms with Gasteiger partial charge in [0.2, 0.25) is 0 Å². The van der Waals surface area contributed by atoms with Crippen LogP contribution in [-0.4, -0.2) is 40.3 Å². The van der Waals surface area contributed by atoms with Crippen LogP contribution in [0.1, 0.15) is 18.4 Å². The Labute approximate surface area is 110 Å². The average molecular weight is 271 g/mol. The largest absolute Gasteiger partial charge is 0.409 e. The van der Waals surface area contributed by atoms with Crippen LogP contribution in [0, 0.1) is 0 Å². The van der Waals surface area contributed by atoms with Crippen LogP contribution in [0.25, 0.3) is 0 Å². The lowest BCUT2D eigenvalue weighted by Gasteiger charge is -2.25. The first-order chi connectivity index (χ1) is 8.69. The van der Waals surface area contributed by atoms with Crippen LogP contribution >= 0.6 is 11.6 Å². The molecule has 7 heteroatoms. The fraction of sp³-hybridized carbons (Fsp3) is 0.455. The van der Waals surface area contributed by atoms with Crippen LogP contribution in [-0.2, 0) is 0 Å². The van der Waals surface area contributed by atoms with Crippen molar-refractivity contribution in [2.75, 3.05) is 18.1 Å². The van der Waals surface area contributed by atoms with E-state index in [-0.39, 0.29) is 18.5 Å². The molecule has 1 aliphatic rings. The van der Waals surface area contributed by atoms with Crippen molar-refractivity contribution in [2.24, 2.45) is 10.9 Å². The zero-order valence-corrected chi connectivity index (χ0v) is 10.5. The number of hydrogen-bond donors (Lipinski definition) is 3. The third kappa shape index (κ3) is 2.21. The normalized spacial score (nSPS) is 20.4. The molecule has 2 heterocycles. The van der Waals surface area contributed by atoms with Crippen molar-refractivity contribution in [2.45, 2.75) is 18.9 Å². The number of rotatable bonds is 3. The number of nitrogens with two attached hydrogens (primary N) is 1. The Balaban J connectivity index is 2.40. The van der Waals surface area contributed by atoms with Crippen LogP contribution in [0.15, 0.2) is 17.4 Å². The molecule has 98 valence electrons. The van der Waals surface area contributed by atoms with Gasteiger partial charge in [-0.15, -0.1) is 0 Å². The molecule has 18 heavy (non-hydrogen) atoms. The van der Waals surface area contributed by atoms with E-state index in [0.717, 1.165) is 19.4 Å². The van der Waals surface area contributed by atoms with Crippen molar-refractivity contribution < 1.29 is 10.3 Å². The van der Waals surface area contributed by atoms with Crippen molar-refractivity contribution in [3.8, 4) is 0 Å². The van der Waals surface area contributed by atoms with Crippen molar-refractivity contribution in [3.63, 3.8) is 0 Å². The maximum atomic E-state index is 9.31. The van der Waals surface area contributed by atoms with Gasteiger partial charge >= 0.3 is 0 Å². The van der Waals surface area contributed by atoms with Crippen molar-refractivity contribution in [1.82, 2.24) is 4.98 Å². The van der Waals surface area contributed by atoms with Gasteiger partial charge in [0.15, 0.2) is 5.84 Å². The van der Waals surface area contributed by atoms with Crippen LogP contribution in [0.3, 0.4) is 0 Å². The van der Waals surface area contributed by atoms with E-state index in [2.05, 4.69) is 10.1 Å². The lowest BCUT2D eigenvalue weighted by atomic mass is 10.2. The van der Waals surface area contributed by atoms with Gasteiger partial charge in [0, 0.05) is 18.3 Å². The first kappa shape index (κ1) is 12.9. The highest BCUT2D eigenvalue weighted by Gasteiger charge is 2.27. The Morgan fingerprint density at radius 1 is 1.67 bits per heavy atom. The van der Waals surface area contributed by atoms with Crippen LogP contribution < -0.4 is 10.6 Å². The topological polar surface area (TPSA) is 95.0 Å². The van der Waals surface area contributed by atoms with Crippen LogP contribution in [0.5, 0.6) is 0 Å². The summed E-state index contributed by atoms with van der Waals surface area (Å²) in [6.45, 7) is 0.851. The molecule has 0 spiro atoms. The Bertz CT molecular complexity index is 466. The van der Waals surface area contributed by atoms with Gasteiger partial charge in [-0.2, -0.15) is 0 Å². The van der Waals surface area contributed by atoms with E-state index < -0.39 is 0 Å². The van der Waals surface area contributed by atoms with Gasteiger partial charge in [-0.05, 0) is 18.9 Å². The summed E-state index contributed by atoms with van der Waals surface area (Å²) in [5.74, 6) is 0.515. The van der Waals surface area contributed by atoms with E-state index >= 15 is 0 Å². The molecule has 4 N–H and O–H groups in total. The summed E-state index contributed by atoms with van der Waals surface area (Å²) in [6, 6.07) is 1.61. The second kappa shape index (κ2) is 5.41. The van der Waals surface area contributed by atoms with E-state index in [4.69, 9.17) is 22.5 Å². The third-order valence-corrected chi connectivity index (χ3v) is 3.49. The zero-order chi connectivity index (χ0) is 13.1. The van der Waals surface area contributed by atoms with E-state index in [1.807, 2.05) is 4.90 Å². The van der Waals surface area contributed by atoms with Gasteiger partial charge in [0.1, 0.15) is 5.82 Å². The summed E-state index contributed by atoms with van der Waals surface area (Å²) in [7, 11) is 0. The number of hydrogen-bond acceptors (Lipinski definition) is 5. The van der Waals surface area contributed by atoms with Crippen molar-refractivity contribution in [3.05, 3.63) is 22.8 Å². The Kier molecular flexibility index (Phi) is 3.88. The standard InChI is InChI=1S/C11H15ClN4O2/c12-9-8(10(13)15-18)3-4-14-11(9)16-5-1-2-7(16)6-17/h3-4,7,17-18H,1-2,5-6H2,(H2,13,15). The van der Waals surface area contributed by atoms with Crippen molar-refractivity contribution >= 4 is 23.3 Å². The molecule has 1 aliphatic heterocycles. The minimum absolute atomic E-state index is 0.0255. The monoisotopic (exact) mass is 270 g/mol. The van der Waals surface area contributed by atoms with Gasteiger partial charge in [0.05, 0.1) is 17.7 Å². The molecule has 1 fully saturated rings. The molecule has 1 aromatic rings. The fourth-order valence-electron chi connectivity index (χ4n) is 2.19. The maximum absolute atomic E-state index is 9.31. The molecule has 6 nitrogen and oxygen atoms in total. The molecular weight excluding hydrogens is 256 g/mol. The van der Waals surface area contributed by atoms with Crippen LogP contribution in [0.4, 0.5) is 5.82 Å². The molecule has 2 rings (SSSR count). The minimum Gasteiger partial charge on any atom is -0.409 e. The smallest absolute Gasteiger partial charge is 0.171 e. The summed E-state index contributed by atoms with van der Waals surface area (Å²) in [5, 5.41) is 21.3. The number of amidine groups is 1. The second-order valence-electron chi connectivity index (χ2n) is 4.15. The summed E-state index contributed by atoms with van der Waals surface area (Å²) in [5.41, 5.74) is 5.99. The minimum atomic E-state index is -0.0524. The quantitative estimate of drug-likeness (QED) is 0.327. The molecule has 0 bridgehead atoms. The highest BCUT2D eigenvalue weighted by molar-refractivity contribution is 6.36. The number of aromatic nitrogens is 1. The number of anilines is 1. The molecule has 0 saturated carbocycles. The summed E-state index contributed by atoms with van der Waals surface area (Å²) in [6.07, 6.45) is 3.45. The molecule has 1 atom stereocenters. The van der Waals surface area contributed by atoms with E-state index in [9.17, 15) is 5.11 Å². The molecule has 0 amide bonds. The Morgan fingerprint density at radius 3 is 3.11 bits per heavy atom. The van der Waals surface area contributed by atoms with E-state index in [1.54, 1.807) is 12.3 Å². The Hall–Kier alpha value is -1.53. The molecule has 0 aliphatic carbocycles. The first-order valence-corrected chi connectivity index (χ1v) is 6.06. The van der Waals surface area contributed by atoms with Gasteiger partial charge in [0.25, 0.3) is 0 Å². The number of oxime groups is 1. The average Bonchev–Trinajstić information content (AvgIpc) is 2.86. The van der Waals surface area contributed by atoms with E-state index in [1.165, 1.54) is 0 Å². The van der Waals surface area contributed by atoms with Gasteiger partial charge in [-0.25, -0.2) is 4.98 Å². The molecule has 1 unspecified atom stereocenters. The van der Waals surface area contributed by atoms with Crippen molar-refractivity contribution in [1.29, 1.82) is 0 Å². The lowest BCUT2D eigenvalue weighted by Crippen LogP contribution is -2.33. The van der Waals surface area contributed by atoms with Gasteiger partial charge in [-0.3, -0.25) is 0 Å². The maximum Gasteiger partial charge on any atom is 0.171 e. The third-order valence-electron chi connectivity index (χ3n) is 3.11. The molecule has 1 aromatic heterocycles. The summed E-state index contributed by atoms with van der Waals surface area (Å²) in [4.78, 5) is 6.18. The van der Waals surface area contributed by atoms with Gasteiger partial charge < -0.3 is 20.9 Å². The first-order valence-electron chi connectivity index (χ1n) is 5.69. The number of pyridine rings is 1. The second-order valence-corrected chi connectivity index (χ2v) is 4.53. The predicted molar refractivity (Wildman–Crippen MR) is 69.2 cm³/mol. The lowest BCUT2D eigenvalue weighted by molar-refractivity contribution is 0.266. The fourth-order valence-corrected chi connectivity index (χ4v) is 2.51. The number of aliphatic hydroxyl groups excluding tert-OH is 1. The zero-order valence-electron chi connectivity index (χ0n) is 9.75. The number of aliphatic hydroxyl groups is 1. The summed E-state index contributed by atoms with van der Waals surface area (Å²) < 4.78 is 0. The molecular formula is C11H15ClN4O2. The number of halogens is 1. The van der Waals surface area contributed by atoms with E-state index in [0.29, 0.717) is 16.4 Å². The molecule has 1 saturated heterocycles. The van der Waals surface area contributed by atoms with Crippen LogP contribution in [0.2, 0.25) is 5.02 Å². The van der Waals surface area contributed by atoms with Gasteiger partial charge in [-0.1, -0.05) is 16.8 Å².